The molecule has 1 saturated heterocycles. The molecule has 8 nitrogen and oxygen atoms in total. The van der Waals surface area contributed by atoms with Crippen LogP contribution >= 0.6 is 0 Å². The van der Waals surface area contributed by atoms with Gasteiger partial charge in [-0.2, -0.15) is 9.63 Å². The quantitative estimate of drug-likeness (QED) is 0.152. The van der Waals surface area contributed by atoms with E-state index < -0.39 is 57.3 Å². The second-order valence-corrected chi connectivity index (χ2v) is 13.9. The number of aliphatic hydroxyl groups excluding tert-OH is 3. The molecule has 1 aliphatic rings. The van der Waals surface area contributed by atoms with Crippen LogP contribution in [0.15, 0.2) is 121 Å². The smallest absolute Gasteiger partial charge is 0.796 e. The Hall–Kier alpha value is -1.25. The van der Waals surface area contributed by atoms with Crippen molar-refractivity contribution in [3.05, 3.63) is 144 Å². The Bertz CT molecular complexity index is 1540. The molecular weight excluding hydrogens is 614 g/mol. The molecule has 228 valence electrons. The SMILES string of the molecule is O=S([O-])([O-])(Cc1ccccc1)C1(Cc2ccccc2)O[C@H](CO)[C@@H](O)[C@H](O)[C@@]1(Cc1ccccc1)OCc1ccccc1.[Na+].[Na+]. The topological polar surface area (TPSA) is 142 Å². The number of aliphatic hydroxyl groups is 3. The summed E-state index contributed by atoms with van der Waals surface area (Å²) in [6.45, 7) is -1.04. The zero-order chi connectivity index (χ0) is 30.6. The Morgan fingerprint density at radius 3 is 1.58 bits per heavy atom. The minimum atomic E-state index is -6.59. The van der Waals surface area contributed by atoms with Crippen LogP contribution in [-0.2, 0) is 44.3 Å². The molecule has 3 N–H and O–H groups in total. The molecular formula is C34H36Na2O8S. The fourth-order valence-electron chi connectivity index (χ4n) is 6.04. The van der Waals surface area contributed by atoms with Crippen molar-refractivity contribution in [2.75, 3.05) is 6.61 Å². The molecule has 0 aromatic heterocycles. The van der Waals surface area contributed by atoms with E-state index in [1.165, 1.54) is 12.1 Å². The van der Waals surface area contributed by atoms with Gasteiger partial charge in [0.25, 0.3) is 0 Å². The first-order valence-electron chi connectivity index (χ1n) is 14.1. The van der Waals surface area contributed by atoms with E-state index in [2.05, 4.69) is 0 Å². The van der Waals surface area contributed by atoms with E-state index in [1.54, 1.807) is 103 Å². The van der Waals surface area contributed by atoms with Crippen LogP contribution in [0.2, 0.25) is 0 Å². The predicted molar refractivity (Wildman–Crippen MR) is 161 cm³/mol. The van der Waals surface area contributed by atoms with Gasteiger partial charge in [-0.05, 0) is 22.3 Å². The fraction of sp³-hybridized carbons (Fsp3) is 0.294. The van der Waals surface area contributed by atoms with Crippen molar-refractivity contribution in [2.45, 2.75) is 54.0 Å². The summed E-state index contributed by atoms with van der Waals surface area (Å²) in [5.41, 5.74) is -0.473. The molecule has 1 unspecified atom stereocenters. The first kappa shape index (κ1) is 38.2. The van der Waals surface area contributed by atoms with Crippen LogP contribution in [0, 0.1) is 0 Å². The van der Waals surface area contributed by atoms with Gasteiger partial charge < -0.3 is 38.1 Å². The Kier molecular flexibility index (Phi) is 13.4. The molecule has 4 aromatic carbocycles. The second kappa shape index (κ2) is 15.8. The molecule has 0 amide bonds. The molecule has 0 radical (unpaired) electrons. The van der Waals surface area contributed by atoms with Gasteiger partial charge in [-0.25, -0.2) is 0 Å². The fourth-order valence-corrected chi connectivity index (χ4v) is 8.71. The van der Waals surface area contributed by atoms with Gasteiger partial charge in [-0.15, -0.1) is 0 Å². The van der Waals surface area contributed by atoms with Crippen LogP contribution in [-0.4, -0.2) is 64.1 Å². The standard InChI is InChI=1S/C34H38O8S.2Na/c35-23-30-31(36)32(37)33(21-26-13-5-1-6-14-26,41-24-28-17-9-3-10-18-28)34(42-30,22-27-15-7-2-8-16-27)43(38,39,40)25-29-19-11-4-12-20-29;;/h1-20,30-32,35-37H,21-25H2,(H2,38,39,40);;/q;2*+1/p-2/t30-,31-,32+,33-,34?;;/m1../s1. The van der Waals surface area contributed by atoms with Gasteiger partial charge in [-0.3, -0.25) is 0 Å². The summed E-state index contributed by atoms with van der Waals surface area (Å²) in [4.78, 5) is -2.81. The van der Waals surface area contributed by atoms with Gasteiger partial charge in [0.1, 0.15) is 28.8 Å². The van der Waals surface area contributed by atoms with Gasteiger partial charge in [0.15, 0.2) is 0 Å². The summed E-state index contributed by atoms with van der Waals surface area (Å²) in [5.74, 6) is -0.975. The summed E-state index contributed by atoms with van der Waals surface area (Å²) >= 11 is 0. The number of hydrogen-bond donors (Lipinski definition) is 3. The van der Waals surface area contributed by atoms with E-state index in [0.29, 0.717) is 16.7 Å². The van der Waals surface area contributed by atoms with Crippen molar-refractivity contribution in [1.82, 2.24) is 0 Å². The van der Waals surface area contributed by atoms with Crippen molar-refractivity contribution in [3.63, 3.8) is 0 Å². The number of sulfone groups is 3. The van der Waals surface area contributed by atoms with Crippen LogP contribution in [0.3, 0.4) is 0 Å². The molecule has 1 aliphatic heterocycles. The zero-order valence-electron chi connectivity index (χ0n) is 25.6. The number of hydrogen-bond acceptors (Lipinski definition) is 8. The minimum absolute atomic E-state index is 0. The third kappa shape index (κ3) is 7.91. The van der Waals surface area contributed by atoms with Crippen LogP contribution < -0.4 is 59.1 Å². The summed E-state index contributed by atoms with van der Waals surface area (Å²) in [5, 5.41) is 33.6. The number of benzene rings is 4. The van der Waals surface area contributed by atoms with Crippen molar-refractivity contribution in [2.24, 2.45) is 0 Å². The monoisotopic (exact) mass is 650 g/mol. The van der Waals surface area contributed by atoms with Crippen LogP contribution in [0.25, 0.3) is 0 Å². The molecule has 5 atom stereocenters. The van der Waals surface area contributed by atoms with E-state index in [9.17, 15) is 28.6 Å². The largest absolute Gasteiger partial charge is 1.00 e. The maximum atomic E-state index is 15.0. The van der Waals surface area contributed by atoms with Gasteiger partial charge in [0.05, 0.1) is 13.2 Å². The summed E-state index contributed by atoms with van der Waals surface area (Å²) in [7, 11) is -6.59. The molecule has 4 aromatic rings. The molecule has 0 aliphatic carbocycles. The maximum Gasteiger partial charge on any atom is 1.00 e. The Morgan fingerprint density at radius 1 is 0.689 bits per heavy atom. The normalized spacial score (nSPS) is 25.6. The molecule has 0 saturated carbocycles. The Labute approximate surface area is 308 Å². The second-order valence-electron chi connectivity index (χ2n) is 11.1. The van der Waals surface area contributed by atoms with E-state index in [4.69, 9.17) is 9.47 Å². The maximum absolute atomic E-state index is 15.0. The molecule has 11 heteroatoms. The first-order chi connectivity index (χ1) is 20.6. The van der Waals surface area contributed by atoms with E-state index in [-0.39, 0.29) is 77.7 Å². The first-order valence-corrected chi connectivity index (χ1v) is 16.1. The molecule has 0 spiro atoms. The summed E-state index contributed by atoms with van der Waals surface area (Å²) in [6.07, 6.45) is -6.12. The van der Waals surface area contributed by atoms with Crippen LogP contribution in [0.5, 0.6) is 0 Å². The number of rotatable bonds is 11. The minimum Gasteiger partial charge on any atom is -0.796 e. The van der Waals surface area contributed by atoms with Gasteiger partial charge in [-0.1, -0.05) is 121 Å². The van der Waals surface area contributed by atoms with E-state index >= 15 is 0 Å². The molecule has 0 bridgehead atoms. The van der Waals surface area contributed by atoms with E-state index in [0.717, 1.165) is 0 Å². The molecule has 1 fully saturated rings. The third-order valence-corrected chi connectivity index (χ3v) is 10.9. The summed E-state index contributed by atoms with van der Waals surface area (Å²) in [6, 6.07) is 34.1. The van der Waals surface area contributed by atoms with Crippen LogP contribution in [0.1, 0.15) is 22.3 Å². The zero-order valence-corrected chi connectivity index (χ0v) is 30.4. The summed E-state index contributed by atoms with van der Waals surface area (Å²) < 4.78 is 57.7. The van der Waals surface area contributed by atoms with Crippen molar-refractivity contribution in [1.29, 1.82) is 0 Å². The Balaban J connectivity index is 0.00000276. The molecule has 1 heterocycles. The Morgan fingerprint density at radius 2 is 1.11 bits per heavy atom. The van der Waals surface area contributed by atoms with Gasteiger partial charge in [0, 0.05) is 18.6 Å². The predicted octanol–water partition coefficient (Wildman–Crippen LogP) is -2.47. The third-order valence-electron chi connectivity index (χ3n) is 8.17. The van der Waals surface area contributed by atoms with Crippen molar-refractivity contribution >= 4 is 9.63 Å². The average Bonchev–Trinajstić information content (AvgIpc) is 3.01. The van der Waals surface area contributed by atoms with E-state index in [1.807, 2.05) is 6.07 Å². The van der Waals surface area contributed by atoms with Gasteiger partial charge in [0.2, 0.25) is 0 Å². The molecule has 45 heavy (non-hydrogen) atoms. The number of ether oxygens (including phenoxy) is 2. The van der Waals surface area contributed by atoms with Gasteiger partial charge >= 0.3 is 59.1 Å². The van der Waals surface area contributed by atoms with Crippen molar-refractivity contribution in [3.8, 4) is 0 Å². The van der Waals surface area contributed by atoms with Crippen LogP contribution in [0.4, 0.5) is 0 Å². The average molecular weight is 651 g/mol. The molecule has 5 rings (SSSR count). The van der Waals surface area contributed by atoms with Crippen molar-refractivity contribution < 1.29 is 97.2 Å².